The highest BCUT2D eigenvalue weighted by Crippen LogP contribution is 2.29. The van der Waals surface area contributed by atoms with Gasteiger partial charge < -0.3 is 5.32 Å². The van der Waals surface area contributed by atoms with Crippen molar-refractivity contribution in [3.8, 4) is 0 Å². The van der Waals surface area contributed by atoms with E-state index in [2.05, 4.69) is 20.4 Å². The molecule has 1 saturated carbocycles. The molecule has 2 aliphatic carbocycles. The molecule has 4 rings (SSSR count). The first-order chi connectivity index (χ1) is 11.3. The van der Waals surface area contributed by atoms with Crippen molar-refractivity contribution in [3.63, 3.8) is 0 Å². The number of anilines is 1. The summed E-state index contributed by atoms with van der Waals surface area (Å²) in [5.41, 5.74) is 2.35. The number of aryl methyl sites for hydroxylation is 2. The molecule has 2 aliphatic rings. The van der Waals surface area contributed by atoms with Crippen LogP contribution >= 0.6 is 0 Å². The van der Waals surface area contributed by atoms with Crippen LogP contribution in [0.25, 0.3) is 0 Å². The highest BCUT2D eigenvalue weighted by atomic mass is 16.1. The van der Waals surface area contributed by atoms with Gasteiger partial charge in [0.25, 0.3) is 5.56 Å². The summed E-state index contributed by atoms with van der Waals surface area (Å²) in [4.78, 5) is 20.7. The van der Waals surface area contributed by atoms with E-state index in [4.69, 9.17) is 0 Å². The maximum absolute atomic E-state index is 12.3. The lowest BCUT2D eigenvalue weighted by Gasteiger charge is -2.29. The molecule has 0 aromatic carbocycles. The van der Waals surface area contributed by atoms with Crippen molar-refractivity contribution in [1.82, 2.24) is 19.7 Å². The fourth-order valence-corrected chi connectivity index (χ4v) is 3.72. The Labute approximate surface area is 135 Å². The van der Waals surface area contributed by atoms with Crippen molar-refractivity contribution in [1.29, 1.82) is 0 Å². The Hall–Kier alpha value is -2.24. The van der Waals surface area contributed by atoms with Crippen LogP contribution in [0, 0.1) is 0 Å². The number of fused-ring (bicyclic) bond motifs is 1. The normalized spacial score (nSPS) is 23.5. The highest BCUT2D eigenvalue weighted by Gasteiger charge is 2.25. The van der Waals surface area contributed by atoms with Crippen LogP contribution in [0.1, 0.15) is 49.4 Å². The Kier molecular flexibility index (Phi) is 3.81. The third-order valence-corrected chi connectivity index (χ3v) is 4.94. The molecule has 1 fully saturated rings. The molecular weight excluding hydrogens is 290 g/mol. The van der Waals surface area contributed by atoms with Gasteiger partial charge >= 0.3 is 0 Å². The minimum absolute atomic E-state index is 0.0657. The maximum Gasteiger partial charge on any atom is 0.267 e. The monoisotopic (exact) mass is 311 g/mol. The third kappa shape index (κ3) is 2.98. The number of hydrogen-bond donors (Lipinski definition) is 1. The van der Waals surface area contributed by atoms with Crippen molar-refractivity contribution in [3.05, 3.63) is 46.3 Å². The van der Waals surface area contributed by atoms with E-state index >= 15 is 0 Å². The van der Waals surface area contributed by atoms with Crippen LogP contribution in [0.2, 0.25) is 0 Å². The smallest absolute Gasteiger partial charge is 0.267 e. The van der Waals surface area contributed by atoms with Crippen LogP contribution in [-0.4, -0.2) is 25.8 Å². The van der Waals surface area contributed by atoms with Gasteiger partial charge in [0.1, 0.15) is 5.82 Å². The molecule has 0 amide bonds. The van der Waals surface area contributed by atoms with Gasteiger partial charge in [-0.1, -0.05) is 0 Å². The summed E-state index contributed by atoms with van der Waals surface area (Å²) in [5, 5.41) is 8.07. The van der Waals surface area contributed by atoms with Gasteiger partial charge in [-0.2, -0.15) is 5.10 Å². The molecule has 6 nitrogen and oxygen atoms in total. The second-order valence-corrected chi connectivity index (χ2v) is 6.49. The largest absolute Gasteiger partial charge is 0.366 e. The lowest BCUT2D eigenvalue weighted by molar-refractivity contribution is 0.301. The predicted molar refractivity (Wildman–Crippen MR) is 87.5 cm³/mol. The van der Waals surface area contributed by atoms with Crippen molar-refractivity contribution >= 4 is 5.82 Å². The van der Waals surface area contributed by atoms with Gasteiger partial charge in [-0.15, -0.1) is 0 Å². The molecule has 1 N–H and O–H groups in total. The SMILES string of the molecule is O=c1cc2c(nn1C1CCC(Nc3cnccn3)CC1)CCC2. The maximum atomic E-state index is 12.3. The summed E-state index contributed by atoms with van der Waals surface area (Å²) in [6.07, 6.45) is 12.3. The zero-order valence-corrected chi connectivity index (χ0v) is 13.1. The fraction of sp³-hybridized carbons (Fsp3) is 0.529. The first-order valence-corrected chi connectivity index (χ1v) is 8.44. The minimum atomic E-state index is 0.0657. The van der Waals surface area contributed by atoms with E-state index < -0.39 is 0 Å². The van der Waals surface area contributed by atoms with E-state index in [1.165, 1.54) is 0 Å². The van der Waals surface area contributed by atoms with Gasteiger partial charge in [0, 0.05) is 24.5 Å². The minimum Gasteiger partial charge on any atom is -0.366 e. The zero-order valence-electron chi connectivity index (χ0n) is 13.1. The number of rotatable bonds is 3. The van der Waals surface area contributed by atoms with Crippen LogP contribution in [0.4, 0.5) is 5.82 Å². The Morgan fingerprint density at radius 2 is 2.00 bits per heavy atom. The quantitative estimate of drug-likeness (QED) is 0.940. The van der Waals surface area contributed by atoms with E-state index in [0.29, 0.717) is 6.04 Å². The molecule has 0 atom stereocenters. The molecule has 120 valence electrons. The molecule has 2 aromatic rings. The average Bonchev–Trinajstić information content (AvgIpc) is 3.03. The third-order valence-electron chi connectivity index (χ3n) is 4.94. The number of nitrogens with zero attached hydrogens (tertiary/aromatic N) is 4. The van der Waals surface area contributed by atoms with E-state index in [1.54, 1.807) is 29.3 Å². The first-order valence-electron chi connectivity index (χ1n) is 8.44. The summed E-state index contributed by atoms with van der Waals surface area (Å²) < 4.78 is 1.74. The fourth-order valence-electron chi connectivity index (χ4n) is 3.72. The van der Waals surface area contributed by atoms with E-state index in [0.717, 1.165) is 62.0 Å². The van der Waals surface area contributed by atoms with Crippen molar-refractivity contribution in [2.45, 2.75) is 57.0 Å². The lowest BCUT2D eigenvalue weighted by atomic mass is 9.91. The van der Waals surface area contributed by atoms with Gasteiger partial charge in [-0.3, -0.25) is 9.78 Å². The van der Waals surface area contributed by atoms with Gasteiger partial charge in [0.05, 0.1) is 17.9 Å². The van der Waals surface area contributed by atoms with Crippen LogP contribution in [0.5, 0.6) is 0 Å². The Morgan fingerprint density at radius 3 is 2.78 bits per heavy atom. The molecular formula is C17H21N5O. The summed E-state index contributed by atoms with van der Waals surface area (Å²) in [5.74, 6) is 0.823. The number of aromatic nitrogens is 4. The highest BCUT2D eigenvalue weighted by molar-refractivity contribution is 5.31. The van der Waals surface area contributed by atoms with Crippen molar-refractivity contribution < 1.29 is 0 Å². The summed E-state index contributed by atoms with van der Waals surface area (Å²) in [6, 6.07) is 2.43. The van der Waals surface area contributed by atoms with Gasteiger partial charge in [0.2, 0.25) is 0 Å². The van der Waals surface area contributed by atoms with Crippen LogP contribution in [-0.2, 0) is 12.8 Å². The molecule has 6 heteroatoms. The average molecular weight is 311 g/mol. The predicted octanol–water partition coefficient (Wildman–Crippen LogP) is 2.12. The van der Waals surface area contributed by atoms with Gasteiger partial charge in [-0.25, -0.2) is 9.67 Å². The summed E-state index contributed by atoms with van der Waals surface area (Å²) in [6.45, 7) is 0. The van der Waals surface area contributed by atoms with Crippen molar-refractivity contribution in [2.24, 2.45) is 0 Å². The Morgan fingerprint density at radius 1 is 1.13 bits per heavy atom. The Balaban J connectivity index is 1.43. The molecule has 0 bridgehead atoms. The molecule has 23 heavy (non-hydrogen) atoms. The standard InChI is InChI=1S/C17H21N5O/c23-17-10-12-2-1-3-15(12)21-22(17)14-6-4-13(5-7-14)20-16-11-18-8-9-19-16/h8-11,13-14H,1-7H2,(H,19,20). The van der Waals surface area contributed by atoms with Gasteiger partial charge in [-0.05, 0) is 50.5 Å². The molecule has 0 unspecified atom stereocenters. The van der Waals surface area contributed by atoms with Crippen LogP contribution in [0.15, 0.2) is 29.5 Å². The molecule has 0 spiro atoms. The molecule has 0 aliphatic heterocycles. The number of nitrogens with one attached hydrogen (secondary N) is 1. The van der Waals surface area contributed by atoms with E-state index in [1.807, 2.05) is 0 Å². The second kappa shape index (κ2) is 6.10. The molecule has 2 aromatic heterocycles. The van der Waals surface area contributed by atoms with E-state index in [9.17, 15) is 4.79 Å². The topological polar surface area (TPSA) is 72.7 Å². The first kappa shape index (κ1) is 14.4. The summed E-state index contributed by atoms with van der Waals surface area (Å²) >= 11 is 0. The Bertz CT molecular complexity index is 734. The van der Waals surface area contributed by atoms with Gasteiger partial charge in [0.15, 0.2) is 0 Å². The molecule has 0 radical (unpaired) electrons. The molecule has 0 saturated heterocycles. The summed E-state index contributed by atoms with van der Waals surface area (Å²) in [7, 11) is 0. The number of hydrogen-bond acceptors (Lipinski definition) is 5. The second-order valence-electron chi connectivity index (χ2n) is 6.49. The van der Waals surface area contributed by atoms with Crippen LogP contribution < -0.4 is 10.9 Å². The van der Waals surface area contributed by atoms with E-state index in [-0.39, 0.29) is 11.6 Å². The lowest BCUT2D eigenvalue weighted by Crippen LogP contribution is -2.34. The molecule has 2 heterocycles. The van der Waals surface area contributed by atoms with Crippen LogP contribution in [0.3, 0.4) is 0 Å². The zero-order chi connectivity index (χ0) is 15.6. The van der Waals surface area contributed by atoms with Crippen molar-refractivity contribution in [2.75, 3.05) is 5.32 Å².